The summed E-state index contributed by atoms with van der Waals surface area (Å²) in [6, 6.07) is 4.24. The molecule has 3 fully saturated rings. The van der Waals surface area contributed by atoms with Crippen molar-refractivity contribution >= 4 is 23.5 Å². The van der Waals surface area contributed by atoms with E-state index in [0.717, 1.165) is 16.8 Å². The number of aliphatic hydroxyl groups excluding tert-OH is 1. The van der Waals surface area contributed by atoms with Gasteiger partial charge in [-0.1, -0.05) is 44.2 Å². The molecule has 1 spiro atoms. The number of nitrogens with zero attached hydrogens (tertiary/aromatic N) is 2. The molecule has 8 heteroatoms. The van der Waals surface area contributed by atoms with Gasteiger partial charge in [0.25, 0.3) is 5.91 Å². The van der Waals surface area contributed by atoms with Gasteiger partial charge in [-0.3, -0.25) is 14.4 Å². The third-order valence-corrected chi connectivity index (χ3v) is 8.90. The molecule has 0 aromatic heterocycles. The molecule has 6 atom stereocenters. The molecule has 3 aliphatic heterocycles. The molecule has 0 aliphatic carbocycles. The molecule has 0 saturated carbocycles. The fraction of sp³-hybridized carbons (Fsp3) is 0.594. The molecule has 3 saturated heterocycles. The van der Waals surface area contributed by atoms with E-state index in [9.17, 15) is 19.5 Å². The van der Waals surface area contributed by atoms with Gasteiger partial charge in [0, 0.05) is 12.2 Å². The number of benzene rings is 1. The average Bonchev–Trinajstić information content (AvgIpc) is 3.47. The second-order valence-corrected chi connectivity index (χ2v) is 12.2. The number of hydrogen-bond acceptors (Lipinski definition) is 6. The Kier molecular flexibility index (Phi) is 8.62. The van der Waals surface area contributed by atoms with Crippen LogP contribution in [-0.4, -0.2) is 70.8 Å². The first-order valence-corrected chi connectivity index (χ1v) is 14.4. The van der Waals surface area contributed by atoms with E-state index in [4.69, 9.17) is 9.47 Å². The second-order valence-electron chi connectivity index (χ2n) is 12.2. The molecule has 1 N–H and O–H groups in total. The monoisotopic (exact) mass is 552 g/mol. The van der Waals surface area contributed by atoms with Crippen molar-refractivity contribution in [2.24, 2.45) is 17.8 Å². The highest BCUT2D eigenvalue weighted by Gasteiger charge is 2.79. The number of carbonyl (C=O) groups excluding carboxylic acids is 3. The Morgan fingerprint density at radius 1 is 1.23 bits per heavy atom. The molecule has 2 amide bonds. The molecule has 2 unspecified atom stereocenters. The standard InChI is InChI=1S/C32H44N2O6/c1-8-10-17-39-30(38)25-24-28(36)34(23(19-35)18-20(3)4)27(32(24)15-14-31(25,7)40-32)29(37)33(16-9-2)26-21(5)12-11-13-22(26)6/h8-9,11-13,20,23-25,27,35H,1-2,10,14-19H2,3-7H3/t23-,24+,25-,27?,31+,32?/m1/s1. The predicted octanol–water partition coefficient (Wildman–Crippen LogP) is 4.11. The maximum Gasteiger partial charge on any atom is 0.312 e. The van der Waals surface area contributed by atoms with Gasteiger partial charge in [-0.2, -0.15) is 0 Å². The number of ether oxygens (including phenoxy) is 2. The number of aryl methyl sites for hydroxylation is 2. The van der Waals surface area contributed by atoms with E-state index in [0.29, 0.717) is 25.7 Å². The number of para-hydroxylation sites is 1. The molecule has 4 rings (SSSR count). The topological polar surface area (TPSA) is 96.4 Å². The third kappa shape index (κ3) is 4.79. The lowest BCUT2D eigenvalue weighted by molar-refractivity contribution is -0.160. The summed E-state index contributed by atoms with van der Waals surface area (Å²) in [4.78, 5) is 45.9. The SMILES string of the molecule is C=CCCOC(=O)[C@H]1[C@H]2C(=O)N([C@@H](CO)CC(C)C)C(C(=O)N(CC=C)c3c(C)cccc3C)C23CC[C@]1(C)O3. The quantitative estimate of drug-likeness (QED) is 0.238. The first-order chi connectivity index (χ1) is 19.0. The maximum absolute atomic E-state index is 14.8. The Bertz CT molecular complexity index is 1160. The second kappa shape index (κ2) is 11.5. The summed E-state index contributed by atoms with van der Waals surface area (Å²) in [6.45, 7) is 17.5. The molecule has 3 heterocycles. The molecular formula is C32H44N2O6. The Hall–Kier alpha value is -2.97. The van der Waals surface area contributed by atoms with Crippen molar-refractivity contribution in [2.75, 3.05) is 24.7 Å². The number of rotatable bonds is 12. The van der Waals surface area contributed by atoms with Crippen molar-refractivity contribution in [3.63, 3.8) is 0 Å². The van der Waals surface area contributed by atoms with Crippen LogP contribution in [0.2, 0.25) is 0 Å². The van der Waals surface area contributed by atoms with Crippen LogP contribution >= 0.6 is 0 Å². The van der Waals surface area contributed by atoms with E-state index in [1.165, 1.54) is 0 Å². The van der Waals surface area contributed by atoms with Gasteiger partial charge in [0.05, 0.1) is 30.8 Å². The van der Waals surface area contributed by atoms with Crippen LogP contribution < -0.4 is 4.90 Å². The number of aliphatic hydroxyl groups is 1. The summed E-state index contributed by atoms with van der Waals surface area (Å²) >= 11 is 0. The van der Waals surface area contributed by atoms with Gasteiger partial charge < -0.3 is 24.4 Å². The number of amides is 2. The number of carbonyl (C=O) groups is 3. The smallest absolute Gasteiger partial charge is 0.312 e. The lowest BCUT2D eigenvalue weighted by Crippen LogP contribution is -2.59. The van der Waals surface area contributed by atoms with Gasteiger partial charge in [0.1, 0.15) is 17.6 Å². The van der Waals surface area contributed by atoms with Gasteiger partial charge in [0.15, 0.2) is 0 Å². The zero-order valence-electron chi connectivity index (χ0n) is 24.5. The zero-order valence-corrected chi connectivity index (χ0v) is 24.5. The van der Waals surface area contributed by atoms with Crippen molar-refractivity contribution in [1.82, 2.24) is 4.90 Å². The van der Waals surface area contributed by atoms with Gasteiger partial charge in [-0.25, -0.2) is 0 Å². The molecular weight excluding hydrogens is 508 g/mol. The summed E-state index contributed by atoms with van der Waals surface area (Å²) in [5.41, 5.74) is 0.487. The zero-order chi connectivity index (χ0) is 29.4. The summed E-state index contributed by atoms with van der Waals surface area (Å²) in [7, 11) is 0. The Labute approximate surface area is 238 Å². The average molecular weight is 553 g/mol. The number of anilines is 1. The van der Waals surface area contributed by atoms with Crippen LogP contribution in [0.25, 0.3) is 0 Å². The predicted molar refractivity (Wildman–Crippen MR) is 154 cm³/mol. The summed E-state index contributed by atoms with van der Waals surface area (Å²) in [6.07, 6.45) is 5.33. The summed E-state index contributed by atoms with van der Waals surface area (Å²) in [5, 5.41) is 10.5. The molecule has 1 aromatic carbocycles. The molecule has 8 nitrogen and oxygen atoms in total. The van der Waals surface area contributed by atoms with Crippen molar-refractivity contribution in [1.29, 1.82) is 0 Å². The molecule has 218 valence electrons. The van der Waals surface area contributed by atoms with E-state index >= 15 is 0 Å². The Balaban J connectivity index is 1.85. The van der Waals surface area contributed by atoms with Crippen LogP contribution in [0.1, 0.15) is 57.6 Å². The van der Waals surface area contributed by atoms with Crippen molar-refractivity contribution < 1.29 is 29.0 Å². The van der Waals surface area contributed by atoms with Crippen LogP contribution in [0.15, 0.2) is 43.5 Å². The van der Waals surface area contributed by atoms with Crippen LogP contribution in [0.3, 0.4) is 0 Å². The number of esters is 1. The highest BCUT2D eigenvalue weighted by Crippen LogP contribution is 2.64. The molecule has 40 heavy (non-hydrogen) atoms. The fourth-order valence-electron chi connectivity index (χ4n) is 7.35. The largest absolute Gasteiger partial charge is 0.465 e. The van der Waals surface area contributed by atoms with E-state index < -0.39 is 41.1 Å². The van der Waals surface area contributed by atoms with E-state index in [1.807, 2.05) is 52.8 Å². The lowest BCUT2D eigenvalue weighted by atomic mass is 9.66. The van der Waals surface area contributed by atoms with Crippen molar-refractivity contribution in [2.45, 2.75) is 83.6 Å². The third-order valence-electron chi connectivity index (χ3n) is 8.90. The van der Waals surface area contributed by atoms with E-state index in [-0.39, 0.29) is 37.5 Å². The Morgan fingerprint density at radius 3 is 2.48 bits per heavy atom. The van der Waals surface area contributed by atoms with Crippen LogP contribution in [0.5, 0.6) is 0 Å². The fourth-order valence-corrected chi connectivity index (χ4v) is 7.35. The van der Waals surface area contributed by atoms with Crippen LogP contribution in [0, 0.1) is 31.6 Å². The molecule has 1 aromatic rings. The number of likely N-dealkylation sites (tertiary alicyclic amines) is 1. The number of hydrogen-bond donors (Lipinski definition) is 1. The summed E-state index contributed by atoms with van der Waals surface area (Å²) in [5.74, 6) is -2.66. The van der Waals surface area contributed by atoms with E-state index in [1.54, 1.807) is 22.0 Å². The van der Waals surface area contributed by atoms with Crippen LogP contribution in [-0.2, 0) is 23.9 Å². The Morgan fingerprint density at radius 2 is 1.90 bits per heavy atom. The minimum atomic E-state index is -1.20. The van der Waals surface area contributed by atoms with Crippen LogP contribution in [0.4, 0.5) is 5.69 Å². The minimum absolute atomic E-state index is 0.163. The first-order valence-electron chi connectivity index (χ1n) is 14.4. The highest BCUT2D eigenvalue weighted by atomic mass is 16.6. The number of fused-ring (bicyclic) bond motifs is 1. The molecule has 0 radical (unpaired) electrons. The highest BCUT2D eigenvalue weighted by molar-refractivity contribution is 6.05. The maximum atomic E-state index is 14.8. The minimum Gasteiger partial charge on any atom is -0.465 e. The van der Waals surface area contributed by atoms with Gasteiger partial charge in [-0.05, 0) is 63.5 Å². The van der Waals surface area contributed by atoms with Gasteiger partial charge in [0.2, 0.25) is 5.91 Å². The van der Waals surface area contributed by atoms with E-state index in [2.05, 4.69) is 13.2 Å². The first kappa shape index (κ1) is 30.0. The van der Waals surface area contributed by atoms with Gasteiger partial charge in [-0.15, -0.1) is 13.2 Å². The van der Waals surface area contributed by atoms with Crippen molar-refractivity contribution in [3.8, 4) is 0 Å². The summed E-state index contributed by atoms with van der Waals surface area (Å²) < 4.78 is 12.3. The van der Waals surface area contributed by atoms with Crippen molar-refractivity contribution in [3.05, 3.63) is 54.6 Å². The normalized spacial score (nSPS) is 29.4. The lowest BCUT2D eigenvalue weighted by Gasteiger charge is -2.40. The molecule has 2 bridgehead atoms. The van der Waals surface area contributed by atoms with Gasteiger partial charge >= 0.3 is 5.97 Å². The molecule has 3 aliphatic rings.